The van der Waals surface area contributed by atoms with Crippen molar-refractivity contribution in [3.8, 4) is 0 Å². The average Bonchev–Trinajstić information content (AvgIpc) is 2.19. The first-order valence-electron chi connectivity index (χ1n) is 4.96. The van der Waals surface area contributed by atoms with Crippen LogP contribution in [-0.4, -0.2) is 47.2 Å². The lowest BCUT2D eigenvalue weighted by Gasteiger charge is -2.38. The fourth-order valence-corrected chi connectivity index (χ4v) is 1.42. The molecule has 86 valence electrons. The molecule has 7 heteroatoms. The normalized spacial score (nSPS) is 22.6. The van der Waals surface area contributed by atoms with Crippen LogP contribution in [0.4, 0.5) is 0 Å². The van der Waals surface area contributed by atoms with Crippen LogP contribution < -0.4 is 5.32 Å². The van der Waals surface area contributed by atoms with Gasteiger partial charge < -0.3 is 10.2 Å². The maximum absolute atomic E-state index is 10.3. The van der Waals surface area contributed by atoms with E-state index in [9.17, 15) is 10.1 Å². The highest BCUT2D eigenvalue weighted by atomic mass is 16.7. The number of hydrazone groups is 1. The van der Waals surface area contributed by atoms with Crippen LogP contribution in [0.25, 0.3) is 0 Å². The summed E-state index contributed by atoms with van der Waals surface area (Å²) in [7, 11) is 1.95. The third-order valence-corrected chi connectivity index (χ3v) is 2.47. The lowest BCUT2D eigenvalue weighted by molar-refractivity contribution is -0.486. The molecule has 0 aromatic carbocycles. The SMILES string of the molecule is CCC(C)N1CN(C)CN/C1=N/[N+](=O)[O-]. The first-order valence-corrected chi connectivity index (χ1v) is 4.96. The van der Waals surface area contributed by atoms with E-state index in [1.807, 2.05) is 30.7 Å². The van der Waals surface area contributed by atoms with Crippen LogP contribution in [0.1, 0.15) is 20.3 Å². The molecule has 0 saturated carbocycles. The molecular formula is C8H17N5O2. The Morgan fingerprint density at radius 3 is 2.93 bits per heavy atom. The molecule has 1 heterocycles. The quantitative estimate of drug-likeness (QED) is 0.533. The van der Waals surface area contributed by atoms with E-state index in [-0.39, 0.29) is 6.04 Å². The van der Waals surface area contributed by atoms with Gasteiger partial charge in [-0.3, -0.25) is 4.90 Å². The zero-order valence-corrected chi connectivity index (χ0v) is 9.30. The van der Waals surface area contributed by atoms with Crippen LogP contribution in [0.15, 0.2) is 5.10 Å². The Kier molecular flexibility index (Phi) is 3.84. The summed E-state index contributed by atoms with van der Waals surface area (Å²) in [5.41, 5.74) is 0. The van der Waals surface area contributed by atoms with Gasteiger partial charge in [0.25, 0.3) is 5.96 Å². The van der Waals surface area contributed by atoms with Gasteiger partial charge in [-0.05, 0) is 20.4 Å². The van der Waals surface area contributed by atoms with Gasteiger partial charge in [0, 0.05) is 6.04 Å². The molecule has 1 aliphatic rings. The molecule has 0 radical (unpaired) electrons. The summed E-state index contributed by atoms with van der Waals surface area (Å²) in [6, 6.07) is 0.235. The van der Waals surface area contributed by atoms with Gasteiger partial charge in [0.1, 0.15) is 5.10 Å². The summed E-state index contributed by atoms with van der Waals surface area (Å²) >= 11 is 0. The second kappa shape index (κ2) is 4.92. The second-order valence-corrected chi connectivity index (χ2v) is 3.72. The van der Waals surface area contributed by atoms with Crippen LogP contribution in [0, 0.1) is 10.1 Å². The number of rotatable bonds is 3. The standard InChI is InChI=1S/C8H17N5O2/c1-4-7(2)12-6-11(3)5-9-8(12)10-13(14)15/h7H,4-6H2,1-3H3,(H,9,10). The molecule has 1 saturated heterocycles. The van der Waals surface area contributed by atoms with E-state index < -0.39 is 5.03 Å². The Morgan fingerprint density at radius 1 is 1.73 bits per heavy atom. The Morgan fingerprint density at radius 2 is 2.40 bits per heavy atom. The summed E-state index contributed by atoms with van der Waals surface area (Å²) < 4.78 is 0. The zero-order valence-electron chi connectivity index (χ0n) is 9.30. The number of nitro groups is 1. The van der Waals surface area contributed by atoms with E-state index in [0.29, 0.717) is 19.3 Å². The summed E-state index contributed by atoms with van der Waals surface area (Å²) in [5.74, 6) is 0.354. The van der Waals surface area contributed by atoms with Gasteiger partial charge in [-0.25, -0.2) is 10.1 Å². The second-order valence-electron chi connectivity index (χ2n) is 3.72. The molecule has 1 atom stereocenters. The van der Waals surface area contributed by atoms with E-state index in [1.54, 1.807) is 0 Å². The van der Waals surface area contributed by atoms with E-state index in [0.717, 1.165) is 6.42 Å². The average molecular weight is 215 g/mol. The third-order valence-electron chi connectivity index (χ3n) is 2.47. The maximum Gasteiger partial charge on any atom is 0.273 e. The highest BCUT2D eigenvalue weighted by Crippen LogP contribution is 2.08. The van der Waals surface area contributed by atoms with Crippen molar-refractivity contribution in [1.82, 2.24) is 15.1 Å². The molecule has 1 rings (SSSR count). The van der Waals surface area contributed by atoms with Gasteiger partial charge in [0.2, 0.25) is 0 Å². The van der Waals surface area contributed by atoms with Gasteiger partial charge in [0.05, 0.1) is 13.3 Å². The Labute approximate surface area is 88.9 Å². The van der Waals surface area contributed by atoms with Crippen LogP contribution in [-0.2, 0) is 0 Å². The Hall–Kier alpha value is -1.37. The van der Waals surface area contributed by atoms with Crippen molar-refractivity contribution in [2.45, 2.75) is 26.3 Å². The molecule has 0 amide bonds. The smallest absolute Gasteiger partial charge is 0.273 e. The van der Waals surface area contributed by atoms with E-state index in [2.05, 4.69) is 10.4 Å². The predicted molar refractivity (Wildman–Crippen MR) is 56.7 cm³/mol. The molecule has 0 aliphatic carbocycles. The molecule has 0 aromatic heterocycles. The van der Waals surface area contributed by atoms with Crippen molar-refractivity contribution in [3.05, 3.63) is 10.1 Å². The number of hydrogen-bond donors (Lipinski definition) is 1. The fraction of sp³-hybridized carbons (Fsp3) is 0.875. The van der Waals surface area contributed by atoms with Crippen LogP contribution in [0.2, 0.25) is 0 Å². The molecule has 1 aliphatic heterocycles. The maximum atomic E-state index is 10.3. The number of nitrogens with zero attached hydrogens (tertiary/aromatic N) is 4. The molecule has 1 unspecified atom stereocenters. The fourth-order valence-electron chi connectivity index (χ4n) is 1.42. The first-order chi connectivity index (χ1) is 7.04. The first kappa shape index (κ1) is 11.7. The number of hydrogen-bond acceptors (Lipinski definition) is 3. The van der Waals surface area contributed by atoms with E-state index in [1.165, 1.54) is 0 Å². The molecule has 0 aromatic rings. The molecule has 1 N–H and O–H groups in total. The third kappa shape index (κ3) is 3.05. The molecule has 1 fully saturated rings. The summed E-state index contributed by atoms with van der Waals surface area (Å²) in [6.07, 6.45) is 0.923. The van der Waals surface area contributed by atoms with E-state index in [4.69, 9.17) is 0 Å². The van der Waals surface area contributed by atoms with Crippen molar-refractivity contribution >= 4 is 5.96 Å². The number of nitrogens with one attached hydrogen (secondary N) is 1. The highest BCUT2D eigenvalue weighted by Gasteiger charge is 2.25. The monoisotopic (exact) mass is 215 g/mol. The minimum Gasteiger partial charge on any atom is -0.338 e. The predicted octanol–water partition coefficient (Wildman–Crippen LogP) is 0.0846. The van der Waals surface area contributed by atoms with Crippen LogP contribution >= 0.6 is 0 Å². The summed E-state index contributed by atoms with van der Waals surface area (Å²) in [4.78, 5) is 14.3. The Balaban J connectivity index is 2.79. The van der Waals surface area contributed by atoms with Gasteiger partial charge in [0.15, 0.2) is 5.03 Å². The largest absolute Gasteiger partial charge is 0.338 e. The van der Waals surface area contributed by atoms with Crippen molar-refractivity contribution in [2.75, 3.05) is 20.4 Å². The lowest BCUT2D eigenvalue weighted by atomic mass is 10.2. The minimum absolute atomic E-state index is 0.235. The highest BCUT2D eigenvalue weighted by molar-refractivity contribution is 5.80. The van der Waals surface area contributed by atoms with Gasteiger partial charge in [-0.1, -0.05) is 6.92 Å². The van der Waals surface area contributed by atoms with Crippen molar-refractivity contribution in [3.63, 3.8) is 0 Å². The number of guanidine groups is 1. The molecule has 0 bridgehead atoms. The van der Waals surface area contributed by atoms with Crippen LogP contribution in [0.3, 0.4) is 0 Å². The summed E-state index contributed by atoms with van der Waals surface area (Å²) in [5, 5.41) is 16.0. The lowest BCUT2D eigenvalue weighted by Crippen LogP contribution is -2.58. The van der Waals surface area contributed by atoms with Crippen molar-refractivity contribution < 1.29 is 5.03 Å². The topological polar surface area (TPSA) is 74.0 Å². The van der Waals surface area contributed by atoms with Crippen LogP contribution in [0.5, 0.6) is 0 Å². The molecule has 15 heavy (non-hydrogen) atoms. The van der Waals surface area contributed by atoms with Crippen molar-refractivity contribution in [1.29, 1.82) is 0 Å². The zero-order chi connectivity index (χ0) is 11.4. The van der Waals surface area contributed by atoms with Gasteiger partial charge >= 0.3 is 0 Å². The molecular weight excluding hydrogens is 198 g/mol. The summed E-state index contributed by atoms with van der Waals surface area (Å²) in [6.45, 7) is 5.31. The molecule has 0 spiro atoms. The minimum atomic E-state index is -0.664. The Bertz CT molecular complexity index is 268. The van der Waals surface area contributed by atoms with Crippen molar-refractivity contribution in [2.24, 2.45) is 5.10 Å². The van der Waals surface area contributed by atoms with E-state index >= 15 is 0 Å². The van der Waals surface area contributed by atoms with Gasteiger partial charge in [-0.2, -0.15) is 0 Å². The molecule has 7 nitrogen and oxygen atoms in total. The van der Waals surface area contributed by atoms with Gasteiger partial charge in [-0.15, -0.1) is 0 Å².